The molecule has 0 spiro atoms. The van der Waals surface area contributed by atoms with Gasteiger partial charge in [-0.05, 0) is 138 Å². The van der Waals surface area contributed by atoms with Crippen LogP contribution in [0.5, 0.6) is 0 Å². The molecule has 0 atom stereocenters. The Bertz CT molecular complexity index is 2770. The maximum atomic E-state index is 12.0. The Kier molecular flexibility index (Phi) is 23.4. The summed E-state index contributed by atoms with van der Waals surface area (Å²) in [5.41, 5.74) is 16.1. The van der Waals surface area contributed by atoms with E-state index in [1.807, 2.05) is 38.1 Å². The summed E-state index contributed by atoms with van der Waals surface area (Å²) in [7, 11) is 0. The lowest BCUT2D eigenvalue weighted by Gasteiger charge is -2.09. The number of nitrogens with two attached hydrogens (primary N) is 2. The number of unbranched alkanes of at least 4 members (excludes halogenated alkanes) is 1. The lowest BCUT2D eigenvalue weighted by molar-refractivity contribution is 0.0986. The van der Waals surface area contributed by atoms with Crippen molar-refractivity contribution in [1.82, 2.24) is 30.2 Å². The smallest absolute Gasteiger partial charge is 0.269 e. The number of primary amides is 2. The molecule has 8 rings (SSSR count). The van der Waals surface area contributed by atoms with E-state index in [4.69, 9.17) is 57.9 Å². The van der Waals surface area contributed by atoms with Crippen LogP contribution in [-0.4, -0.2) is 57.6 Å². The second-order valence-corrected chi connectivity index (χ2v) is 20.9. The third kappa shape index (κ3) is 16.2. The zero-order valence-electron chi connectivity index (χ0n) is 40.8. The predicted octanol–water partition coefficient (Wildman–Crippen LogP) is 13.6. The molecule has 16 heteroatoms. The van der Waals surface area contributed by atoms with E-state index in [0.717, 1.165) is 61.3 Å². The lowest BCUT2D eigenvalue weighted by Crippen LogP contribution is -2.21. The molecule has 372 valence electrons. The van der Waals surface area contributed by atoms with Gasteiger partial charge in [0.05, 0.1) is 52.3 Å². The molecule has 2 aliphatic heterocycles. The van der Waals surface area contributed by atoms with Gasteiger partial charge in [-0.1, -0.05) is 124 Å². The highest BCUT2D eigenvalue weighted by Crippen LogP contribution is 2.38. The van der Waals surface area contributed by atoms with Crippen molar-refractivity contribution in [2.24, 2.45) is 17.4 Å². The number of nitrogens with one attached hydrogen (secondary N) is 2. The van der Waals surface area contributed by atoms with Gasteiger partial charge >= 0.3 is 0 Å². The highest BCUT2D eigenvalue weighted by atomic mass is 35.5. The fourth-order valence-corrected chi connectivity index (χ4v) is 10.4. The number of hydrogen-bond donors (Lipinski definition) is 4. The number of aromatic nitrogens is 4. The van der Waals surface area contributed by atoms with Crippen LogP contribution in [0.1, 0.15) is 141 Å². The van der Waals surface area contributed by atoms with Crippen LogP contribution in [-0.2, 0) is 12.8 Å². The van der Waals surface area contributed by atoms with E-state index in [1.54, 1.807) is 68.4 Å². The van der Waals surface area contributed by atoms with Gasteiger partial charge in [0.1, 0.15) is 0 Å². The quantitative estimate of drug-likeness (QED) is 0.101. The molecule has 70 heavy (non-hydrogen) atoms. The summed E-state index contributed by atoms with van der Waals surface area (Å²) >= 11 is 28.0. The maximum Gasteiger partial charge on any atom is 0.269 e. The molecule has 4 aromatic heterocycles. The molecule has 0 saturated carbocycles. The van der Waals surface area contributed by atoms with Gasteiger partial charge in [-0.15, -0.1) is 22.7 Å². The largest absolute Gasteiger partial charge is 0.364 e. The van der Waals surface area contributed by atoms with Crippen molar-refractivity contribution in [3.05, 3.63) is 113 Å². The van der Waals surface area contributed by atoms with Gasteiger partial charge in [-0.25, -0.2) is 9.36 Å². The van der Waals surface area contributed by atoms with Crippen molar-refractivity contribution in [2.75, 3.05) is 26.2 Å². The van der Waals surface area contributed by atoms with Crippen LogP contribution in [0.3, 0.4) is 0 Å². The minimum Gasteiger partial charge on any atom is -0.364 e. The van der Waals surface area contributed by atoms with E-state index in [2.05, 4.69) is 65.3 Å². The van der Waals surface area contributed by atoms with E-state index < -0.39 is 11.8 Å². The van der Waals surface area contributed by atoms with Crippen molar-refractivity contribution in [3.63, 3.8) is 0 Å². The van der Waals surface area contributed by atoms with Crippen LogP contribution < -0.4 is 22.1 Å². The molecule has 0 aliphatic carbocycles. The molecule has 6 heterocycles. The van der Waals surface area contributed by atoms with Gasteiger partial charge in [-0.3, -0.25) is 9.59 Å². The normalized spacial score (nSPS) is 13.2. The third-order valence-corrected chi connectivity index (χ3v) is 14.2. The van der Waals surface area contributed by atoms with Crippen LogP contribution >= 0.6 is 69.1 Å². The Morgan fingerprint density at radius 3 is 1.40 bits per heavy atom. The zero-order valence-corrected chi connectivity index (χ0v) is 45.4. The minimum absolute atomic E-state index is 0.245. The molecule has 2 saturated heterocycles. The Hall–Kier alpha value is -4.60. The number of halogens is 4. The SMILES string of the molecule is C1CCCNCC1.C1CCNCC1.CCCC#Cc1ccc(-c2c(CC)c(C(N)=O)nn2-c2ccc(Cl)cc2Cl)s1.CCc1c(C(N)=O)nn(-c2ccc(Cl)cc2Cl)c1-c1ccc(C#CCC(C)C)s1. The first kappa shape index (κ1) is 56.3. The zero-order chi connectivity index (χ0) is 50.6. The average molecular weight is 1060 g/mol. The maximum absolute atomic E-state index is 12.0. The number of piperidine rings is 1. The Morgan fingerprint density at radius 2 is 1.04 bits per heavy atom. The first-order chi connectivity index (χ1) is 33.8. The summed E-state index contributed by atoms with van der Waals surface area (Å²) in [5, 5.41) is 17.5. The van der Waals surface area contributed by atoms with Gasteiger partial charge in [-0.2, -0.15) is 10.2 Å². The summed E-state index contributed by atoms with van der Waals surface area (Å²) in [4.78, 5) is 27.8. The molecule has 6 N–H and O–H groups in total. The molecule has 0 bridgehead atoms. The molecule has 0 unspecified atom stereocenters. The molecule has 2 aliphatic rings. The summed E-state index contributed by atoms with van der Waals surface area (Å²) in [6.45, 7) is 15.3. The number of rotatable bonds is 10. The number of carbonyl (C=O) groups is 2. The monoisotopic (exact) mass is 1060 g/mol. The van der Waals surface area contributed by atoms with Crippen LogP contribution in [0.2, 0.25) is 20.1 Å². The molecular formula is C54H64Cl4N8O2S2. The number of carbonyl (C=O) groups excluding carboxylic acids is 2. The van der Waals surface area contributed by atoms with Crippen LogP contribution in [0.4, 0.5) is 0 Å². The summed E-state index contributed by atoms with van der Waals surface area (Å²) in [6, 6.07) is 18.3. The number of nitrogens with zero attached hydrogens (tertiary/aromatic N) is 4. The van der Waals surface area contributed by atoms with E-state index in [9.17, 15) is 9.59 Å². The van der Waals surface area contributed by atoms with Crippen molar-refractivity contribution in [1.29, 1.82) is 0 Å². The van der Waals surface area contributed by atoms with Crippen molar-refractivity contribution in [3.8, 4) is 56.2 Å². The average Bonchev–Trinajstić information content (AvgIpc) is 4.12. The third-order valence-electron chi connectivity index (χ3n) is 11.1. The van der Waals surface area contributed by atoms with Gasteiger partial charge in [0, 0.05) is 34.0 Å². The fourth-order valence-electron chi connectivity index (χ4n) is 7.59. The van der Waals surface area contributed by atoms with Gasteiger partial charge in [0.2, 0.25) is 0 Å². The Balaban J connectivity index is 0.000000207. The summed E-state index contributed by atoms with van der Waals surface area (Å²) in [6.07, 6.45) is 13.8. The second kappa shape index (κ2) is 29.0. The lowest BCUT2D eigenvalue weighted by atomic mass is 10.1. The van der Waals surface area contributed by atoms with Gasteiger partial charge in [0.25, 0.3) is 11.8 Å². The first-order valence-corrected chi connectivity index (χ1v) is 27.3. The molecule has 6 aromatic rings. The first-order valence-electron chi connectivity index (χ1n) is 24.1. The van der Waals surface area contributed by atoms with Crippen LogP contribution in [0, 0.1) is 29.6 Å². The van der Waals surface area contributed by atoms with E-state index >= 15 is 0 Å². The highest BCUT2D eigenvalue weighted by molar-refractivity contribution is 7.16. The van der Waals surface area contributed by atoms with Crippen LogP contribution in [0.15, 0.2) is 60.7 Å². The summed E-state index contributed by atoms with van der Waals surface area (Å²) in [5.74, 6) is 12.2. The topological polar surface area (TPSA) is 146 Å². The predicted molar refractivity (Wildman–Crippen MR) is 296 cm³/mol. The Labute approximate surface area is 442 Å². The second-order valence-electron chi connectivity index (χ2n) is 17.1. The molecule has 10 nitrogen and oxygen atoms in total. The van der Waals surface area contributed by atoms with Crippen molar-refractivity contribution in [2.45, 2.75) is 112 Å². The molecule has 2 aromatic carbocycles. The van der Waals surface area contributed by atoms with E-state index in [0.29, 0.717) is 50.2 Å². The van der Waals surface area contributed by atoms with Gasteiger partial charge in [0.15, 0.2) is 11.4 Å². The van der Waals surface area contributed by atoms with Crippen LogP contribution in [0.25, 0.3) is 32.5 Å². The summed E-state index contributed by atoms with van der Waals surface area (Å²) < 4.78 is 3.35. The van der Waals surface area contributed by atoms with E-state index in [1.165, 1.54) is 71.1 Å². The van der Waals surface area contributed by atoms with Gasteiger partial charge < -0.3 is 22.1 Å². The standard InChI is InChI=1S/C22H21Cl2N3OS.C21H19Cl2N3OS.C6H13N.C5H11N/c1-4-16-20(22(25)28)26-27(18-10-8-14(23)12-17(18)24)21(16)19-11-9-15(29-19)7-5-6-13(2)3;1-3-5-6-7-14-9-11-18(28-14)20-15(4-2)19(21(24)27)25-26(20)17-10-8-13(22)12-16(17)23;1-2-4-6-7-5-3-1;1-2-4-6-5-3-1/h8-13H,4,6H2,1-3H3,(H2,25,28);8-12H,3-5H2,1-2H3,(H2,24,27);7H,1-6H2;6H,1-5H2. The molecule has 2 fully saturated rings. The van der Waals surface area contributed by atoms with Crippen molar-refractivity contribution >= 4 is 80.9 Å². The molecular weight excluding hydrogens is 999 g/mol. The highest BCUT2D eigenvalue weighted by Gasteiger charge is 2.26. The van der Waals surface area contributed by atoms with E-state index in [-0.39, 0.29) is 11.4 Å². The number of amides is 2. The number of hydrogen-bond acceptors (Lipinski definition) is 8. The molecule has 2 amide bonds. The Morgan fingerprint density at radius 1 is 0.629 bits per heavy atom. The number of thiophene rings is 2. The fraction of sp³-hybridized carbons (Fsp3) is 0.407. The van der Waals surface area contributed by atoms with Crippen molar-refractivity contribution < 1.29 is 9.59 Å². The number of benzene rings is 2. The minimum atomic E-state index is -0.569. The molecule has 0 radical (unpaired) electrons.